The lowest BCUT2D eigenvalue weighted by molar-refractivity contribution is -0.386. The number of nitro benzene ring substituents is 1. The van der Waals surface area contributed by atoms with Crippen LogP contribution in [-0.2, 0) is 12.8 Å². The number of thiophene rings is 1. The summed E-state index contributed by atoms with van der Waals surface area (Å²) in [5, 5.41) is 24.9. The van der Waals surface area contributed by atoms with Gasteiger partial charge in [0.2, 0.25) is 5.75 Å². The second-order valence-corrected chi connectivity index (χ2v) is 11.9. The molecule has 0 saturated carbocycles. The second-order valence-electron chi connectivity index (χ2n) is 9.70. The van der Waals surface area contributed by atoms with Gasteiger partial charge in [0.15, 0.2) is 0 Å². The number of rotatable bonds is 5. The highest BCUT2D eigenvalue weighted by Gasteiger charge is 2.33. The zero-order chi connectivity index (χ0) is 25.3. The average molecular weight is 603 g/mol. The Morgan fingerprint density at radius 1 is 1.29 bits per heavy atom. The van der Waals surface area contributed by atoms with Crippen LogP contribution in [-0.4, -0.2) is 22.2 Å². The smallest absolute Gasteiger partial charge is 0.312 e. The summed E-state index contributed by atoms with van der Waals surface area (Å²) < 4.78 is 0.360. The van der Waals surface area contributed by atoms with Crippen molar-refractivity contribution in [1.82, 2.24) is 0 Å². The summed E-state index contributed by atoms with van der Waals surface area (Å²) in [6.07, 6.45) is 4.23. The summed E-state index contributed by atoms with van der Waals surface area (Å²) >= 11 is 3.37. The first-order chi connectivity index (χ1) is 16.5. The zero-order valence-electron chi connectivity index (χ0n) is 19.7. The maximum absolute atomic E-state index is 13.4. The number of aliphatic imine (C=N–C) groups is 1. The number of hydrogen-bond donors (Lipinski definition) is 2. The number of carbonyl (C=O) groups excluding carboxylic acids is 1. The number of nitrogens with zero attached hydrogens (tertiary/aromatic N) is 2. The molecule has 1 amide bonds. The number of fused-ring (bicyclic) bond motifs is 1. The standard InChI is InChI=1S/C26H26IN3O4S/c1-26(2,3)16-9-10-18-21(13-16)35-25(22(18)24(32)29-17-7-5-4-6-8-17)28-14-15-11-19(27)23(31)20(12-15)30(33)34/h4-8,11-12,14,16,31H,9-10,13H2,1-3H3,(H,29,32)/t16-/m1/s1. The van der Waals surface area contributed by atoms with Gasteiger partial charge in [-0.3, -0.25) is 14.9 Å². The number of aromatic hydroxyl groups is 1. The van der Waals surface area contributed by atoms with Crippen molar-refractivity contribution in [1.29, 1.82) is 0 Å². The SMILES string of the molecule is CC(C)(C)[C@@H]1CCc2c(sc(N=Cc3cc(I)c(O)c([N+](=O)[O-])c3)c2C(=O)Nc2ccccc2)C1. The van der Waals surface area contributed by atoms with Crippen molar-refractivity contribution in [3.8, 4) is 5.75 Å². The van der Waals surface area contributed by atoms with Crippen LogP contribution in [0.25, 0.3) is 0 Å². The lowest BCUT2D eigenvalue weighted by atomic mass is 9.72. The molecule has 4 rings (SSSR count). The number of para-hydroxylation sites is 1. The van der Waals surface area contributed by atoms with Crippen LogP contribution in [0.1, 0.15) is 53.6 Å². The maximum Gasteiger partial charge on any atom is 0.312 e. The van der Waals surface area contributed by atoms with E-state index in [1.807, 2.05) is 52.9 Å². The first kappa shape index (κ1) is 25.3. The van der Waals surface area contributed by atoms with Crippen molar-refractivity contribution in [3.05, 3.63) is 77.7 Å². The molecule has 35 heavy (non-hydrogen) atoms. The van der Waals surface area contributed by atoms with Crippen LogP contribution < -0.4 is 5.32 Å². The summed E-state index contributed by atoms with van der Waals surface area (Å²) in [6.45, 7) is 6.74. The number of phenolic OH excluding ortho intramolecular Hbond substituents is 1. The minimum absolute atomic E-state index is 0.166. The zero-order valence-corrected chi connectivity index (χ0v) is 22.6. The van der Waals surface area contributed by atoms with E-state index in [9.17, 15) is 20.0 Å². The van der Waals surface area contributed by atoms with Crippen LogP contribution in [0.3, 0.4) is 0 Å². The number of carbonyl (C=O) groups is 1. The van der Waals surface area contributed by atoms with Gasteiger partial charge in [-0.2, -0.15) is 0 Å². The fraction of sp³-hybridized carbons (Fsp3) is 0.308. The van der Waals surface area contributed by atoms with Gasteiger partial charge in [-0.05, 0) is 76.9 Å². The number of anilines is 1. The van der Waals surface area contributed by atoms with Gasteiger partial charge in [-0.25, -0.2) is 4.99 Å². The maximum atomic E-state index is 13.4. The molecule has 2 aromatic carbocycles. The van der Waals surface area contributed by atoms with E-state index in [1.165, 1.54) is 28.5 Å². The Morgan fingerprint density at radius 3 is 2.66 bits per heavy atom. The van der Waals surface area contributed by atoms with Gasteiger partial charge in [0.25, 0.3) is 5.91 Å². The summed E-state index contributed by atoms with van der Waals surface area (Å²) in [7, 11) is 0. The largest absolute Gasteiger partial charge is 0.501 e. The fourth-order valence-corrected chi connectivity index (χ4v) is 6.21. The van der Waals surface area contributed by atoms with Crippen LogP contribution in [0.5, 0.6) is 5.75 Å². The molecule has 0 spiro atoms. The van der Waals surface area contributed by atoms with Gasteiger partial charge >= 0.3 is 5.69 Å². The Labute approximate surface area is 221 Å². The van der Waals surface area contributed by atoms with Crippen molar-refractivity contribution in [2.75, 3.05) is 5.32 Å². The predicted octanol–water partition coefficient (Wildman–Crippen LogP) is 7.12. The Bertz CT molecular complexity index is 1310. The number of halogens is 1. The molecule has 0 unspecified atom stereocenters. The Hall–Kier alpha value is -2.79. The number of benzene rings is 2. The van der Waals surface area contributed by atoms with Crippen molar-refractivity contribution in [2.24, 2.45) is 16.3 Å². The summed E-state index contributed by atoms with van der Waals surface area (Å²) in [5.41, 5.74) is 2.59. The van der Waals surface area contributed by atoms with Crippen LogP contribution in [0.2, 0.25) is 0 Å². The molecule has 3 aromatic rings. The molecule has 0 bridgehead atoms. The number of hydrogen-bond acceptors (Lipinski definition) is 6. The minimum atomic E-state index is -0.621. The molecular weight excluding hydrogens is 577 g/mol. The first-order valence-electron chi connectivity index (χ1n) is 11.3. The van der Waals surface area contributed by atoms with E-state index in [0.29, 0.717) is 31.3 Å². The quantitative estimate of drug-likeness (QED) is 0.140. The first-order valence-corrected chi connectivity index (χ1v) is 13.2. The van der Waals surface area contributed by atoms with E-state index in [2.05, 4.69) is 31.1 Å². The van der Waals surface area contributed by atoms with E-state index < -0.39 is 4.92 Å². The molecule has 182 valence electrons. The topological polar surface area (TPSA) is 105 Å². The molecule has 0 aliphatic heterocycles. The van der Waals surface area contributed by atoms with Gasteiger partial charge in [-0.15, -0.1) is 11.3 Å². The molecule has 0 fully saturated rings. The third-order valence-electron chi connectivity index (χ3n) is 6.32. The molecule has 2 N–H and O–H groups in total. The monoisotopic (exact) mass is 603 g/mol. The molecule has 1 heterocycles. The summed E-state index contributed by atoms with van der Waals surface area (Å²) in [6, 6.07) is 12.2. The fourth-order valence-electron chi connectivity index (χ4n) is 4.30. The number of amides is 1. The van der Waals surface area contributed by atoms with Gasteiger partial charge in [0.05, 0.1) is 14.1 Å². The third-order valence-corrected chi connectivity index (χ3v) is 8.31. The number of nitrogens with one attached hydrogen (secondary N) is 1. The van der Waals surface area contributed by atoms with E-state index in [-0.39, 0.29) is 22.8 Å². The van der Waals surface area contributed by atoms with Crippen LogP contribution in [0.15, 0.2) is 47.5 Å². The van der Waals surface area contributed by atoms with Gasteiger partial charge in [0, 0.05) is 28.4 Å². The molecular formula is C26H26IN3O4S. The Kier molecular flexibility index (Phi) is 7.27. The van der Waals surface area contributed by atoms with E-state index in [4.69, 9.17) is 0 Å². The Morgan fingerprint density at radius 2 is 2.00 bits per heavy atom. The number of nitro groups is 1. The molecule has 1 aromatic heterocycles. The van der Waals surface area contributed by atoms with Crippen molar-refractivity contribution in [3.63, 3.8) is 0 Å². The lowest BCUT2D eigenvalue weighted by Gasteiger charge is -2.33. The second kappa shape index (κ2) is 10.1. The molecule has 9 heteroatoms. The van der Waals surface area contributed by atoms with Crippen molar-refractivity contribution < 1.29 is 14.8 Å². The summed E-state index contributed by atoms with van der Waals surface area (Å²) in [5.74, 6) is -0.0614. The van der Waals surface area contributed by atoms with Crippen LogP contribution in [0, 0.1) is 25.0 Å². The molecule has 0 saturated heterocycles. The van der Waals surface area contributed by atoms with Gasteiger partial charge in [-0.1, -0.05) is 39.0 Å². The molecule has 1 aliphatic rings. The van der Waals surface area contributed by atoms with Crippen molar-refractivity contribution >= 4 is 62.4 Å². The van der Waals surface area contributed by atoms with Gasteiger partial charge < -0.3 is 10.4 Å². The van der Waals surface area contributed by atoms with E-state index in [0.717, 1.165) is 24.8 Å². The highest BCUT2D eigenvalue weighted by molar-refractivity contribution is 14.1. The van der Waals surface area contributed by atoms with Crippen molar-refractivity contribution in [2.45, 2.75) is 40.0 Å². The van der Waals surface area contributed by atoms with Gasteiger partial charge in [0.1, 0.15) is 5.00 Å². The van der Waals surface area contributed by atoms with E-state index >= 15 is 0 Å². The minimum Gasteiger partial charge on any atom is -0.501 e. The lowest BCUT2D eigenvalue weighted by Crippen LogP contribution is -2.27. The third kappa shape index (κ3) is 5.56. The normalized spacial score (nSPS) is 15.7. The van der Waals surface area contributed by atoms with Crippen LogP contribution >= 0.6 is 33.9 Å². The highest BCUT2D eigenvalue weighted by Crippen LogP contribution is 2.45. The number of phenols is 1. The summed E-state index contributed by atoms with van der Waals surface area (Å²) in [4.78, 5) is 29.9. The Balaban J connectivity index is 1.74. The molecule has 1 aliphatic carbocycles. The average Bonchev–Trinajstić information content (AvgIpc) is 3.17. The highest BCUT2D eigenvalue weighted by atomic mass is 127. The molecule has 7 nitrogen and oxygen atoms in total. The van der Waals surface area contributed by atoms with E-state index in [1.54, 1.807) is 6.07 Å². The van der Waals surface area contributed by atoms with Crippen LogP contribution in [0.4, 0.5) is 16.4 Å². The molecule has 0 radical (unpaired) electrons. The predicted molar refractivity (Wildman–Crippen MR) is 148 cm³/mol. The molecule has 1 atom stereocenters.